The van der Waals surface area contributed by atoms with Gasteiger partial charge in [0.15, 0.2) is 0 Å². The number of fused-ring (bicyclic) bond motifs is 1. The van der Waals surface area contributed by atoms with E-state index in [4.69, 9.17) is 5.73 Å². The van der Waals surface area contributed by atoms with E-state index in [1.54, 1.807) is 0 Å². The molecule has 192 valence electrons. The molecule has 0 aliphatic carbocycles. The molecule has 0 bridgehead atoms. The summed E-state index contributed by atoms with van der Waals surface area (Å²) in [5.74, 6) is 4.47. The van der Waals surface area contributed by atoms with Gasteiger partial charge in [-0.1, -0.05) is 67.4 Å². The number of likely N-dealkylation sites (tertiary alicyclic amines) is 1. The van der Waals surface area contributed by atoms with Crippen LogP contribution in [0.25, 0.3) is 11.3 Å². The van der Waals surface area contributed by atoms with Gasteiger partial charge in [0, 0.05) is 29.4 Å². The molecule has 4 N–H and O–H groups in total. The molecule has 3 aromatic carbocycles. The molecule has 38 heavy (non-hydrogen) atoms. The molecule has 2 aliphatic heterocycles. The fourth-order valence-electron chi connectivity index (χ4n) is 5.11. The highest BCUT2D eigenvalue weighted by atomic mass is 16.2. The maximum atomic E-state index is 13.3. The molecule has 1 fully saturated rings. The second-order valence-electron chi connectivity index (χ2n) is 9.99. The standard InChI is InChI=1S/C32H32N4O2/c1-22(9-16-29(33)37)19-24-12-15-27-28(20-24)35-32(38)30(27)31(25-7-3-2-4-8-25)34-26-13-10-23(11-14-26)21-36-17-5-6-18-36/h2-4,7-8,10-15,20,22,34H,5-6,17-19,21H2,1H3,(H2,33,37)(H,35,38). The lowest BCUT2D eigenvalue weighted by Crippen LogP contribution is -2.18. The first kappa shape index (κ1) is 25.3. The molecule has 2 heterocycles. The fraction of sp³-hybridized carbons (Fsp3) is 0.250. The van der Waals surface area contributed by atoms with E-state index >= 15 is 0 Å². The molecule has 2 amide bonds. The van der Waals surface area contributed by atoms with Gasteiger partial charge in [0.25, 0.3) is 11.8 Å². The van der Waals surface area contributed by atoms with Crippen LogP contribution in [0.15, 0.2) is 72.8 Å². The minimum Gasteiger partial charge on any atom is -0.359 e. The number of primary amides is 1. The monoisotopic (exact) mass is 504 g/mol. The Morgan fingerprint density at radius 1 is 1.03 bits per heavy atom. The molecule has 0 spiro atoms. The molecule has 6 heteroatoms. The van der Waals surface area contributed by atoms with Crippen LogP contribution >= 0.6 is 0 Å². The lowest BCUT2D eigenvalue weighted by molar-refractivity contribution is -0.113. The van der Waals surface area contributed by atoms with E-state index in [9.17, 15) is 9.59 Å². The summed E-state index contributed by atoms with van der Waals surface area (Å²) in [6, 6.07) is 24.4. The Morgan fingerprint density at radius 3 is 2.45 bits per heavy atom. The first-order valence-electron chi connectivity index (χ1n) is 13.1. The van der Waals surface area contributed by atoms with Crippen LogP contribution < -0.4 is 16.4 Å². The molecule has 1 saturated heterocycles. The van der Waals surface area contributed by atoms with Crippen molar-refractivity contribution in [2.24, 2.45) is 11.7 Å². The van der Waals surface area contributed by atoms with Crippen LogP contribution in [0.1, 0.15) is 42.0 Å². The van der Waals surface area contributed by atoms with E-state index in [-0.39, 0.29) is 11.8 Å². The summed E-state index contributed by atoms with van der Waals surface area (Å²) in [4.78, 5) is 26.8. The van der Waals surface area contributed by atoms with Gasteiger partial charge in [-0.2, -0.15) is 0 Å². The van der Waals surface area contributed by atoms with Crippen molar-refractivity contribution in [1.29, 1.82) is 0 Å². The smallest absolute Gasteiger partial charge is 0.293 e. The van der Waals surface area contributed by atoms with Gasteiger partial charge in [-0.15, -0.1) is 0 Å². The molecule has 6 nitrogen and oxygen atoms in total. The van der Waals surface area contributed by atoms with Gasteiger partial charge >= 0.3 is 0 Å². The van der Waals surface area contributed by atoms with E-state index in [2.05, 4.69) is 51.6 Å². The van der Waals surface area contributed by atoms with E-state index in [1.165, 1.54) is 31.5 Å². The second kappa shape index (κ2) is 11.4. The lowest BCUT2D eigenvalue weighted by atomic mass is 9.96. The third-order valence-electron chi connectivity index (χ3n) is 6.95. The van der Waals surface area contributed by atoms with Crippen molar-refractivity contribution in [1.82, 2.24) is 4.90 Å². The number of hydrogen-bond donors (Lipinski definition) is 3. The molecule has 0 saturated carbocycles. The molecular weight excluding hydrogens is 472 g/mol. The summed E-state index contributed by atoms with van der Waals surface area (Å²) < 4.78 is 0. The highest BCUT2D eigenvalue weighted by Gasteiger charge is 2.28. The quantitative estimate of drug-likeness (QED) is 0.316. The topological polar surface area (TPSA) is 87.5 Å². The van der Waals surface area contributed by atoms with Gasteiger partial charge in [0.2, 0.25) is 0 Å². The van der Waals surface area contributed by atoms with Crippen LogP contribution in [0.2, 0.25) is 0 Å². The number of benzene rings is 3. The number of hydrogen-bond acceptors (Lipinski definition) is 4. The zero-order chi connectivity index (χ0) is 26.5. The minimum atomic E-state index is -0.630. The number of carbonyl (C=O) groups is 2. The molecule has 5 rings (SSSR count). The van der Waals surface area contributed by atoms with Gasteiger partial charge in [-0.05, 0) is 73.2 Å². The van der Waals surface area contributed by atoms with Crippen molar-refractivity contribution < 1.29 is 9.59 Å². The largest absolute Gasteiger partial charge is 0.359 e. The number of amides is 2. The van der Waals surface area contributed by atoms with Gasteiger partial charge in [-0.25, -0.2) is 0 Å². The normalized spacial score (nSPS) is 16.7. The Labute approximate surface area is 223 Å². The summed E-state index contributed by atoms with van der Waals surface area (Å²) in [5, 5.41) is 6.59. The summed E-state index contributed by atoms with van der Waals surface area (Å²) >= 11 is 0. The molecule has 3 aromatic rings. The third-order valence-corrected chi connectivity index (χ3v) is 6.95. The van der Waals surface area contributed by atoms with E-state index in [1.807, 2.05) is 55.5 Å². The molecule has 2 aliphatic rings. The molecule has 1 unspecified atom stereocenters. The minimum absolute atomic E-state index is 0.0392. The predicted octanol–water partition coefficient (Wildman–Crippen LogP) is 4.88. The molecule has 0 aromatic heterocycles. The SMILES string of the molecule is CC(C#CC(N)=O)Cc1ccc2c(c1)NC(=O)C2=C(Nc1ccc(CN2CCCC2)cc1)c1ccccc1. The summed E-state index contributed by atoms with van der Waals surface area (Å²) in [6.07, 6.45) is 3.21. The second-order valence-corrected chi connectivity index (χ2v) is 9.99. The average molecular weight is 505 g/mol. The Bertz CT molecular complexity index is 1430. The maximum absolute atomic E-state index is 13.3. The highest BCUT2D eigenvalue weighted by Crippen LogP contribution is 2.38. The lowest BCUT2D eigenvalue weighted by Gasteiger charge is -2.17. The Kier molecular flexibility index (Phi) is 7.57. The Balaban J connectivity index is 1.44. The fourth-order valence-corrected chi connectivity index (χ4v) is 5.11. The number of nitrogens with one attached hydrogen (secondary N) is 2. The summed E-state index contributed by atoms with van der Waals surface area (Å²) in [5.41, 5.74) is 12.3. The summed E-state index contributed by atoms with van der Waals surface area (Å²) in [6.45, 7) is 5.25. The van der Waals surface area contributed by atoms with Crippen LogP contribution in [0.3, 0.4) is 0 Å². The number of rotatable bonds is 7. The number of nitrogens with zero attached hydrogens (tertiary/aromatic N) is 1. The van der Waals surface area contributed by atoms with E-state index in [0.29, 0.717) is 12.0 Å². The summed E-state index contributed by atoms with van der Waals surface area (Å²) in [7, 11) is 0. The van der Waals surface area contributed by atoms with Crippen LogP contribution in [-0.2, 0) is 22.6 Å². The van der Waals surface area contributed by atoms with E-state index in [0.717, 1.165) is 40.3 Å². The van der Waals surface area contributed by atoms with Gasteiger partial charge in [0.1, 0.15) is 0 Å². The van der Waals surface area contributed by atoms with Gasteiger partial charge < -0.3 is 16.4 Å². The van der Waals surface area contributed by atoms with Crippen molar-refractivity contribution in [3.05, 3.63) is 95.1 Å². The number of carbonyl (C=O) groups excluding carboxylic acids is 2. The Morgan fingerprint density at radius 2 is 1.74 bits per heavy atom. The van der Waals surface area contributed by atoms with Crippen LogP contribution in [-0.4, -0.2) is 29.8 Å². The van der Waals surface area contributed by atoms with Gasteiger partial charge in [0.05, 0.1) is 11.3 Å². The van der Waals surface area contributed by atoms with Crippen molar-refractivity contribution in [3.63, 3.8) is 0 Å². The molecular formula is C32H32N4O2. The first-order chi connectivity index (χ1) is 18.5. The first-order valence-corrected chi connectivity index (χ1v) is 13.1. The van der Waals surface area contributed by atoms with Crippen LogP contribution in [0.5, 0.6) is 0 Å². The predicted molar refractivity (Wildman–Crippen MR) is 153 cm³/mol. The molecule has 0 radical (unpaired) electrons. The third kappa shape index (κ3) is 5.96. The zero-order valence-corrected chi connectivity index (χ0v) is 21.6. The van der Waals surface area contributed by atoms with Gasteiger partial charge in [-0.3, -0.25) is 14.5 Å². The van der Waals surface area contributed by atoms with E-state index < -0.39 is 5.91 Å². The van der Waals surface area contributed by atoms with Crippen molar-refractivity contribution in [3.8, 4) is 11.8 Å². The average Bonchev–Trinajstić information content (AvgIpc) is 3.54. The number of anilines is 2. The van der Waals surface area contributed by atoms with Crippen molar-refractivity contribution in [2.75, 3.05) is 23.7 Å². The van der Waals surface area contributed by atoms with Crippen LogP contribution in [0.4, 0.5) is 11.4 Å². The van der Waals surface area contributed by atoms with Crippen molar-refractivity contribution in [2.45, 2.75) is 32.7 Å². The number of nitrogens with two attached hydrogens (primary N) is 1. The van der Waals surface area contributed by atoms with Crippen LogP contribution in [0, 0.1) is 17.8 Å². The van der Waals surface area contributed by atoms with Crippen molar-refractivity contribution >= 4 is 34.5 Å². The molecule has 1 atom stereocenters. The zero-order valence-electron chi connectivity index (χ0n) is 21.6. The maximum Gasteiger partial charge on any atom is 0.293 e. The Hall–Kier alpha value is -4.34. The highest BCUT2D eigenvalue weighted by molar-refractivity contribution is 6.37.